The van der Waals surface area contributed by atoms with Crippen LogP contribution in [0.3, 0.4) is 0 Å². The third-order valence-corrected chi connectivity index (χ3v) is 6.56. The quantitative estimate of drug-likeness (QED) is 0.488. The first kappa shape index (κ1) is 22.0. The molecule has 0 spiro atoms. The van der Waals surface area contributed by atoms with Gasteiger partial charge in [-0.25, -0.2) is 4.98 Å². The maximum absolute atomic E-state index is 13.4. The highest BCUT2D eigenvalue weighted by molar-refractivity contribution is 7.22. The van der Waals surface area contributed by atoms with E-state index < -0.39 is 0 Å². The van der Waals surface area contributed by atoms with Crippen LogP contribution in [0, 0.1) is 0 Å². The van der Waals surface area contributed by atoms with E-state index in [1.54, 1.807) is 4.90 Å². The summed E-state index contributed by atoms with van der Waals surface area (Å²) in [7, 11) is 0. The molecule has 4 rings (SSSR count). The summed E-state index contributed by atoms with van der Waals surface area (Å²) in [6.45, 7) is 7.44. The topological polar surface area (TPSA) is 54.9 Å². The first-order chi connectivity index (χ1) is 15.2. The minimum Gasteiger partial charge on any atom is -0.494 e. The average Bonchev–Trinajstić information content (AvgIpc) is 3.23. The number of morpholine rings is 1. The second-order valence-electron chi connectivity index (χ2n) is 7.30. The van der Waals surface area contributed by atoms with Crippen molar-refractivity contribution in [3.63, 3.8) is 0 Å². The standard InChI is InChI=1S/C23H26ClN3O3S/c1-2-30-18-9-7-17(8-10-18)22(28)27(12-4-11-26-13-15-29-16-14-26)23-25-21-19(24)5-3-6-20(21)31-23/h3,5-10H,2,4,11-16H2,1H3. The summed E-state index contributed by atoms with van der Waals surface area (Å²) < 4.78 is 11.9. The number of hydrogen-bond donors (Lipinski definition) is 0. The van der Waals surface area contributed by atoms with Gasteiger partial charge in [0.15, 0.2) is 5.13 Å². The van der Waals surface area contributed by atoms with Gasteiger partial charge in [0, 0.05) is 31.7 Å². The van der Waals surface area contributed by atoms with Crippen LogP contribution < -0.4 is 9.64 Å². The van der Waals surface area contributed by atoms with Gasteiger partial charge in [0.25, 0.3) is 5.91 Å². The molecule has 1 saturated heterocycles. The Labute approximate surface area is 191 Å². The molecule has 0 atom stereocenters. The highest BCUT2D eigenvalue weighted by atomic mass is 35.5. The molecule has 1 fully saturated rings. The van der Waals surface area contributed by atoms with E-state index >= 15 is 0 Å². The predicted octanol–water partition coefficient (Wildman–Crippen LogP) is 4.72. The summed E-state index contributed by atoms with van der Waals surface area (Å²) >= 11 is 7.82. The Balaban J connectivity index is 1.56. The predicted molar refractivity (Wildman–Crippen MR) is 126 cm³/mol. The maximum Gasteiger partial charge on any atom is 0.260 e. The molecule has 31 heavy (non-hydrogen) atoms. The number of benzene rings is 2. The average molecular weight is 460 g/mol. The van der Waals surface area contributed by atoms with Gasteiger partial charge in [-0.2, -0.15) is 0 Å². The number of halogens is 1. The number of carbonyl (C=O) groups is 1. The van der Waals surface area contributed by atoms with Gasteiger partial charge in [0.1, 0.15) is 11.3 Å². The first-order valence-corrected chi connectivity index (χ1v) is 11.7. The van der Waals surface area contributed by atoms with Crippen LogP contribution in [0.4, 0.5) is 5.13 Å². The molecule has 2 aromatic carbocycles. The molecule has 1 aliphatic heterocycles. The summed E-state index contributed by atoms with van der Waals surface area (Å²) in [5.41, 5.74) is 1.35. The zero-order chi connectivity index (χ0) is 21.6. The van der Waals surface area contributed by atoms with Crippen molar-refractivity contribution in [1.29, 1.82) is 0 Å². The van der Waals surface area contributed by atoms with Crippen LogP contribution in [-0.2, 0) is 4.74 Å². The zero-order valence-corrected chi connectivity index (χ0v) is 19.1. The Morgan fingerprint density at radius 2 is 2.00 bits per heavy atom. The SMILES string of the molecule is CCOc1ccc(C(=O)N(CCCN2CCOCC2)c2nc3c(Cl)cccc3s2)cc1. The van der Waals surface area contributed by atoms with Gasteiger partial charge in [-0.3, -0.25) is 14.6 Å². The second-order valence-corrected chi connectivity index (χ2v) is 8.72. The third kappa shape index (κ3) is 5.36. The Hall–Kier alpha value is -2.19. The van der Waals surface area contributed by atoms with E-state index in [1.165, 1.54) is 11.3 Å². The third-order valence-electron chi connectivity index (χ3n) is 5.21. The first-order valence-electron chi connectivity index (χ1n) is 10.6. The van der Waals surface area contributed by atoms with Crippen LogP contribution in [0.2, 0.25) is 5.02 Å². The fourth-order valence-corrected chi connectivity index (χ4v) is 4.89. The minimum absolute atomic E-state index is 0.0693. The van der Waals surface area contributed by atoms with Crippen LogP contribution in [0.1, 0.15) is 23.7 Å². The highest BCUT2D eigenvalue weighted by Crippen LogP contribution is 2.33. The minimum atomic E-state index is -0.0693. The van der Waals surface area contributed by atoms with E-state index in [-0.39, 0.29) is 5.91 Å². The van der Waals surface area contributed by atoms with Crippen LogP contribution in [0.15, 0.2) is 42.5 Å². The lowest BCUT2D eigenvalue weighted by Gasteiger charge is -2.27. The molecule has 1 aromatic heterocycles. The normalized spacial score (nSPS) is 14.6. The molecule has 0 aliphatic carbocycles. The lowest BCUT2D eigenvalue weighted by molar-refractivity contribution is 0.0376. The maximum atomic E-state index is 13.4. The van der Waals surface area contributed by atoms with E-state index in [1.807, 2.05) is 49.4 Å². The van der Waals surface area contributed by atoms with Crippen LogP contribution >= 0.6 is 22.9 Å². The molecular weight excluding hydrogens is 434 g/mol. The summed E-state index contributed by atoms with van der Waals surface area (Å²) in [6.07, 6.45) is 0.854. The number of ether oxygens (including phenoxy) is 2. The van der Waals surface area contributed by atoms with Crippen molar-refractivity contribution in [3.05, 3.63) is 53.1 Å². The number of hydrogen-bond acceptors (Lipinski definition) is 6. The van der Waals surface area contributed by atoms with Gasteiger partial charge in [-0.05, 0) is 49.7 Å². The summed E-state index contributed by atoms with van der Waals surface area (Å²) in [5, 5.41) is 1.27. The molecule has 0 bridgehead atoms. The fourth-order valence-electron chi connectivity index (χ4n) is 3.60. The number of anilines is 1. The number of amides is 1. The molecule has 8 heteroatoms. The molecule has 164 valence electrons. The molecule has 2 heterocycles. The summed E-state index contributed by atoms with van der Waals surface area (Å²) in [5.74, 6) is 0.685. The Morgan fingerprint density at radius 3 is 2.71 bits per heavy atom. The van der Waals surface area contributed by atoms with Gasteiger partial charge in [-0.15, -0.1) is 0 Å². The van der Waals surface area contributed by atoms with Crippen molar-refractivity contribution >= 4 is 44.2 Å². The Morgan fingerprint density at radius 1 is 1.23 bits per heavy atom. The van der Waals surface area contributed by atoms with Crippen molar-refractivity contribution in [2.75, 3.05) is 50.9 Å². The number of rotatable bonds is 8. The summed E-state index contributed by atoms with van der Waals surface area (Å²) in [4.78, 5) is 22.3. The van der Waals surface area contributed by atoms with Gasteiger partial charge < -0.3 is 9.47 Å². The number of aromatic nitrogens is 1. The smallest absolute Gasteiger partial charge is 0.260 e. The van der Waals surface area contributed by atoms with Crippen molar-refractivity contribution < 1.29 is 14.3 Å². The van der Waals surface area contributed by atoms with Crippen LogP contribution in [0.25, 0.3) is 10.2 Å². The highest BCUT2D eigenvalue weighted by Gasteiger charge is 2.22. The second kappa shape index (κ2) is 10.4. The monoisotopic (exact) mass is 459 g/mol. The number of thiazole rings is 1. The van der Waals surface area contributed by atoms with Gasteiger partial charge in [-0.1, -0.05) is 29.0 Å². The summed E-state index contributed by atoms with van der Waals surface area (Å²) in [6, 6.07) is 13.0. The van der Waals surface area contributed by atoms with Crippen molar-refractivity contribution in [1.82, 2.24) is 9.88 Å². The zero-order valence-electron chi connectivity index (χ0n) is 17.6. The molecule has 0 radical (unpaired) electrons. The molecular formula is C23H26ClN3O3S. The largest absolute Gasteiger partial charge is 0.494 e. The molecule has 1 aliphatic rings. The van der Waals surface area contributed by atoms with Crippen LogP contribution in [0.5, 0.6) is 5.75 Å². The Kier molecular flexibility index (Phi) is 7.40. The van der Waals surface area contributed by atoms with Gasteiger partial charge in [0.05, 0.1) is 29.5 Å². The number of nitrogens with zero attached hydrogens (tertiary/aromatic N) is 3. The number of para-hydroxylation sites is 1. The fraction of sp³-hybridized carbons (Fsp3) is 0.391. The molecule has 0 saturated carbocycles. The Bertz CT molecular complexity index is 1020. The van der Waals surface area contributed by atoms with Crippen molar-refractivity contribution in [3.8, 4) is 5.75 Å². The van der Waals surface area contributed by atoms with E-state index in [0.29, 0.717) is 28.9 Å². The number of carbonyl (C=O) groups excluding carboxylic acids is 1. The van der Waals surface area contributed by atoms with E-state index in [2.05, 4.69) is 4.90 Å². The molecule has 0 unspecified atom stereocenters. The van der Waals surface area contributed by atoms with Crippen molar-refractivity contribution in [2.45, 2.75) is 13.3 Å². The van der Waals surface area contributed by atoms with Gasteiger partial charge in [0.2, 0.25) is 0 Å². The van der Waals surface area contributed by atoms with Gasteiger partial charge >= 0.3 is 0 Å². The molecule has 0 N–H and O–H groups in total. The molecule has 6 nitrogen and oxygen atoms in total. The van der Waals surface area contributed by atoms with E-state index in [4.69, 9.17) is 26.1 Å². The van der Waals surface area contributed by atoms with E-state index in [9.17, 15) is 4.79 Å². The molecule has 3 aromatic rings. The molecule has 1 amide bonds. The number of fused-ring (bicyclic) bond motifs is 1. The van der Waals surface area contributed by atoms with Crippen LogP contribution in [-0.4, -0.2) is 61.8 Å². The lowest BCUT2D eigenvalue weighted by Crippen LogP contribution is -2.39. The van der Waals surface area contributed by atoms with Crippen molar-refractivity contribution in [2.24, 2.45) is 0 Å². The van der Waals surface area contributed by atoms with E-state index in [0.717, 1.165) is 55.2 Å². The lowest BCUT2D eigenvalue weighted by atomic mass is 10.2.